The van der Waals surface area contributed by atoms with Crippen molar-refractivity contribution in [2.24, 2.45) is 0 Å². The molecule has 1 aromatic heterocycles. The molecule has 0 aliphatic carbocycles. The molecule has 0 saturated carbocycles. The summed E-state index contributed by atoms with van der Waals surface area (Å²) in [5.41, 5.74) is 5.19. The summed E-state index contributed by atoms with van der Waals surface area (Å²) in [4.78, 5) is 15.8. The van der Waals surface area contributed by atoms with Crippen LogP contribution in [0.25, 0.3) is 11.3 Å². The van der Waals surface area contributed by atoms with Crippen molar-refractivity contribution in [3.63, 3.8) is 0 Å². The van der Waals surface area contributed by atoms with Crippen LogP contribution >= 0.6 is 11.6 Å². The minimum atomic E-state index is -0.861. The average Bonchev–Trinajstić information content (AvgIpc) is 2.51. The van der Waals surface area contributed by atoms with E-state index in [4.69, 9.17) is 26.8 Å². The Morgan fingerprint density at radius 1 is 1.48 bits per heavy atom. The van der Waals surface area contributed by atoms with Crippen LogP contribution < -0.4 is 10.5 Å². The molecule has 0 atom stereocenters. The first kappa shape index (κ1) is 16.8. The van der Waals surface area contributed by atoms with Crippen molar-refractivity contribution in [3.8, 4) is 22.8 Å². The molecule has 6 nitrogen and oxygen atoms in total. The number of rotatable bonds is 4. The lowest BCUT2D eigenvalue weighted by atomic mass is 10.1. The zero-order chi connectivity index (χ0) is 17.1. The number of nitrogens with zero attached hydrogens (tertiary/aromatic N) is 1. The van der Waals surface area contributed by atoms with Crippen LogP contribution in [-0.4, -0.2) is 29.8 Å². The summed E-state index contributed by atoms with van der Waals surface area (Å²) in [5.74, 6) is -2.30. The highest BCUT2D eigenvalue weighted by atomic mass is 35.5. The van der Waals surface area contributed by atoms with Gasteiger partial charge in [-0.3, -0.25) is 0 Å². The van der Waals surface area contributed by atoms with Gasteiger partial charge in [-0.15, -0.1) is 0 Å². The first-order valence-electron chi connectivity index (χ1n) is 6.59. The number of methoxy groups -OCH3 is 1. The molecule has 0 saturated heterocycles. The standard InChI is InChI=1S/C15H14ClFN2O4/c1-3-23-15(21)12-13(20)9(18)6-10(19-12)7-4-5-8(16)14(22-2)11(7)17/h4-6,20H,3H2,1-2H3,(H2,18,19). The maximum atomic E-state index is 14.5. The lowest BCUT2D eigenvalue weighted by Crippen LogP contribution is -2.09. The molecule has 0 radical (unpaired) electrons. The van der Waals surface area contributed by atoms with Gasteiger partial charge in [0.05, 0.1) is 30.1 Å². The Balaban J connectivity index is 2.64. The smallest absolute Gasteiger partial charge is 0.360 e. The van der Waals surface area contributed by atoms with E-state index in [1.54, 1.807) is 6.92 Å². The molecule has 2 rings (SSSR count). The van der Waals surface area contributed by atoms with Crippen LogP contribution in [0.1, 0.15) is 17.4 Å². The quantitative estimate of drug-likeness (QED) is 0.831. The van der Waals surface area contributed by atoms with Crippen molar-refractivity contribution in [2.75, 3.05) is 19.5 Å². The van der Waals surface area contributed by atoms with Crippen molar-refractivity contribution >= 4 is 23.3 Å². The number of esters is 1. The van der Waals surface area contributed by atoms with Crippen LogP contribution in [0.5, 0.6) is 11.5 Å². The fraction of sp³-hybridized carbons (Fsp3) is 0.200. The lowest BCUT2D eigenvalue weighted by Gasteiger charge is -2.12. The minimum Gasteiger partial charge on any atom is -0.504 e. The minimum absolute atomic E-state index is 0.0171. The van der Waals surface area contributed by atoms with Gasteiger partial charge in [0.1, 0.15) is 0 Å². The van der Waals surface area contributed by atoms with Gasteiger partial charge in [0.25, 0.3) is 0 Å². The Hall–Kier alpha value is -2.54. The summed E-state index contributed by atoms with van der Waals surface area (Å²) >= 11 is 5.84. The SMILES string of the molecule is CCOC(=O)c1nc(-c2ccc(Cl)c(OC)c2F)cc(N)c1O. The van der Waals surface area contributed by atoms with Gasteiger partial charge >= 0.3 is 5.97 Å². The van der Waals surface area contributed by atoms with E-state index in [9.17, 15) is 14.3 Å². The molecule has 23 heavy (non-hydrogen) atoms. The summed E-state index contributed by atoms with van der Waals surface area (Å²) in [6.07, 6.45) is 0. The van der Waals surface area contributed by atoms with Gasteiger partial charge in [-0.05, 0) is 25.1 Å². The third-order valence-corrected chi connectivity index (χ3v) is 3.32. The fourth-order valence-corrected chi connectivity index (χ4v) is 2.18. The highest BCUT2D eigenvalue weighted by molar-refractivity contribution is 6.32. The topological polar surface area (TPSA) is 94.7 Å². The summed E-state index contributed by atoms with van der Waals surface area (Å²) in [6, 6.07) is 4.03. The van der Waals surface area contributed by atoms with E-state index in [1.807, 2.05) is 0 Å². The number of benzene rings is 1. The van der Waals surface area contributed by atoms with E-state index in [2.05, 4.69) is 4.98 Å². The number of nitrogen functional groups attached to an aromatic ring is 1. The summed E-state index contributed by atoms with van der Waals surface area (Å²) in [6.45, 7) is 1.69. The second-order valence-electron chi connectivity index (χ2n) is 4.46. The van der Waals surface area contributed by atoms with Crippen LogP contribution in [0.15, 0.2) is 18.2 Å². The van der Waals surface area contributed by atoms with E-state index in [1.165, 1.54) is 25.3 Å². The first-order chi connectivity index (χ1) is 10.9. The number of carbonyl (C=O) groups excluding carboxylic acids is 1. The van der Waals surface area contributed by atoms with Gasteiger partial charge in [-0.1, -0.05) is 11.6 Å². The molecule has 0 aliphatic heterocycles. The Morgan fingerprint density at radius 2 is 2.17 bits per heavy atom. The second kappa shape index (κ2) is 6.70. The number of hydrogen-bond acceptors (Lipinski definition) is 6. The number of anilines is 1. The zero-order valence-electron chi connectivity index (χ0n) is 12.4. The number of carbonyl (C=O) groups is 1. The van der Waals surface area contributed by atoms with Crippen molar-refractivity contribution in [3.05, 3.63) is 34.7 Å². The maximum absolute atomic E-state index is 14.5. The Kier molecular flexibility index (Phi) is 4.90. The zero-order valence-corrected chi connectivity index (χ0v) is 13.1. The number of pyridine rings is 1. The molecule has 0 amide bonds. The molecule has 0 fully saturated rings. The van der Waals surface area contributed by atoms with E-state index in [0.29, 0.717) is 0 Å². The molecule has 0 unspecified atom stereocenters. The van der Waals surface area contributed by atoms with Gasteiger partial charge in [0.2, 0.25) is 0 Å². The number of halogens is 2. The van der Waals surface area contributed by atoms with Gasteiger partial charge in [-0.25, -0.2) is 14.2 Å². The summed E-state index contributed by atoms with van der Waals surface area (Å²) in [7, 11) is 1.27. The van der Waals surface area contributed by atoms with E-state index in [-0.39, 0.29) is 34.3 Å². The molecule has 0 spiro atoms. The highest BCUT2D eigenvalue weighted by Gasteiger charge is 2.22. The van der Waals surface area contributed by atoms with Crippen molar-refractivity contribution in [1.82, 2.24) is 4.98 Å². The number of hydrogen-bond donors (Lipinski definition) is 2. The molecule has 122 valence electrons. The molecule has 2 aromatic rings. The molecular weight excluding hydrogens is 327 g/mol. The molecular formula is C15H14ClFN2O4. The number of aromatic nitrogens is 1. The van der Waals surface area contributed by atoms with Gasteiger partial charge in [0.15, 0.2) is 23.0 Å². The third-order valence-electron chi connectivity index (χ3n) is 3.02. The Bertz CT molecular complexity index is 768. The molecule has 3 N–H and O–H groups in total. The number of nitrogens with two attached hydrogens (primary N) is 1. The normalized spacial score (nSPS) is 10.4. The largest absolute Gasteiger partial charge is 0.504 e. The van der Waals surface area contributed by atoms with Crippen LogP contribution in [-0.2, 0) is 4.74 Å². The van der Waals surface area contributed by atoms with Gasteiger partial charge in [-0.2, -0.15) is 0 Å². The molecule has 0 aliphatic rings. The van der Waals surface area contributed by atoms with Crippen LogP contribution in [0.2, 0.25) is 5.02 Å². The Labute approximate surface area is 136 Å². The fourth-order valence-electron chi connectivity index (χ4n) is 1.96. The molecule has 1 aromatic carbocycles. The highest BCUT2D eigenvalue weighted by Crippen LogP contribution is 2.36. The van der Waals surface area contributed by atoms with Crippen LogP contribution in [0, 0.1) is 5.82 Å². The summed E-state index contributed by atoms with van der Waals surface area (Å²) in [5, 5.41) is 9.94. The first-order valence-corrected chi connectivity index (χ1v) is 6.97. The van der Waals surface area contributed by atoms with Gasteiger partial charge in [0, 0.05) is 5.56 Å². The van der Waals surface area contributed by atoms with Crippen LogP contribution in [0.4, 0.5) is 10.1 Å². The third kappa shape index (κ3) is 3.14. The second-order valence-corrected chi connectivity index (χ2v) is 4.86. The predicted octanol–water partition coefficient (Wildman–Crippen LogP) is 3.01. The van der Waals surface area contributed by atoms with Crippen LogP contribution in [0.3, 0.4) is 0 Å². The number of ether oxygens (including phenoxy) is 2. The van der Waals surface area contributed by atoms with E-state index in [0.717, 1.165) is 0 Å². The predicted molar refractivity (Wildman–Crippen MR) is 83.2 cm³/mol. The monoisotopic (exact) mass is 340 g/mol. The van der Waals surface area contributed by atoms with Crippen molar-refractivity contribution in [1.29, 1.82) is 0 Å². The molecule has 8 heteroatoms. The lowest BCUT2D eigenvalue weighted by molar-refractivity contribution is 0.0516. The van der Waals surface area contributed by atoms with Gasteiger partial charge < -0.3 is 20.3 Å². The van der Waals surface area contributed by atoms with E-state index >= 15 is 0 Å². The molecule has 0 bridgehead atoms. The van der Waals surface area contributed by atoms with Crippen molar-refractivity contribution < 1.29 is 23.8 Å². The Morgan fingerprint density at radius 3 is 2.78 bits per heavy atom. The van der Waals surface area contributed by atoms with E-state index < -0.39 is 23.2 Å². The number of aromatic hydroxyl groups is 1. The average molecular weight is 341 g/mol. The molecule has 1 heterocycles. The summed E-state index contributed by atoms with van der Waals surface area (Å²) < 4.78 is 24.2. The maximum Gasteiger partial charge on any atom is 0.360 e. The van der Waals surface area contributed by atoms with Crippen molar-refractivity contribution in [2.45, 2.75) is 6.92 Å².